The van der Waals surface area contributed by atoms with Crippen molar-refractivity contribution in [2.45, 2.75) is 134 Å². The van der Waals surface area contributed by atoms with Crippen LogP contribution >= 0.6 is 0 Å². The summed E-state index contributed by atoms with van der Waals surface area (Å²) in [6.45, 7) is 2.36. The molecular weight excluding hydrogens is 492 g/mol. The summed E-state index contributed by atoms with van der Waals surface area (Å²) in [7, 11) is -4.47. The molecule has 11 heteroatoms. The van der Waals surface area contributed by atoms with Crippen molar-refractivity contribution in [3.63, 3.8) is 0 Å². The van der Waals surface area contributed by atoms with Crippen LogP contribution in [0.25, 0.3) is 0 Å². The number of ether oxygens (including phenoxy) is 3. The van der Waals surface area contributed by atoms with Gasteiger partial charge in [0.2, 0.25) is 0 Å². The second-order valence-electron chi connectivity index (χ2n) is 9.70. The summed E-state index contributed by atoms with van der Waals surface area (Å²) in [5.74, 6) is -1.23. The molecular formula is C25H48O10S. The molecule has 214 valence electrons. The summed E-state index contributed by atoms with van der Waals surface area (Å²) in [4.78, 5) is 11.8. The van der Waals surface area contributed by atoms with Crippen molar-refractivity contribution >= 4 is 16.1 Å². The third-order valence-electron chi connectivity index (χ3n) is 6.36. The number of carbonyl (C=O) groups is 1. The lowest BCUT2D eigenvalue weighted by molar-refractivity contribution is -0.292. The number of esters is 1. The van der Waals surface area contributed by atoms with Gasteiger partial charge in [-0.3, -0.25) is 9.35 Å². The predicted molar refractivity (Wildman–Crippen MR) is 135 cm³/mol. The second-order valence-corrected chi connectivity index (χ2v) is 11.2. The number of unbranched alkanes of at least 4 members (excludes halogenated alkanes) is 12. The summed E-state index contributed by atoms with van der Waals surface area (Å²) >= 11 is 0. The van der Waals surface area contributed by atoms with Gasteiger partial charge in [0, 0.05) is 12.8 Å². The van der Waals surface area contributed by atoms with Gasteiger partial charge < -0.3 is 29.5 Å². The Balaban J connectivity index is 2.02. The maximum Gasteiger partial charge on any atom is 0.305 e. The molecule has 10 nitrogen and oxygen atoms in total. The maximum atomic E-state index is 11.8. The van der Waals surface area contributed by atoms with Crippen LogP contribution in [0.5, 0.6) is 0 Å². The minimum absolute atomic E-state index is 0.00908. The van der Waals surface area contributed by atoms with Crippen LogP contribution in [0, 0.1) is 0 Å². The molecule has 5 atom stereocenters. The third kappa shape index (κ3) is 15.4. The molecule has 4 N–H and O–H groups in total. The zero-order valence-corrected chi connectivity index (χ0v) is 22.6. The van der Waals surface area contributed by atoms with Gasteiger partial charge in [-0.2, -0.15) is 8.42 Å². The quantitative estimate of drug-likeness (QED) is 0.0967. The van der Waals surface area contributed by atoms with Gasteiger partial charge in [0.05, 0.1) is 13.2 Å². The van der Waals surface area contributed by atoms with Crippen LogP contribution in [0.15, 0.2) is 0 Å². The number of hydrogen-bond donors (Lipinski definition) is 4. The van der Waals surface area contributed by atoms with Gasteiger partial charge in [0.1, 0.15) is 30.2 Å². The summed E-state index contributed by atoms with van der Waals surface area (Å²) in [5.41, 5.74) is 0. The van der Waals surface area contributed by atoms with Crippen LogP contribution in [-0.2, 0) is 29.1 Å². The first-order chi connectivity index (χ1) is 17.2. The fourth-order valence-electron chi connectivity index (χ4n) is 4.20. The highest BCUT2D eigenvalue weighted by molar-refractivity contribution is 7.85. The molecule has 0 radical (unpaired) electrons. The topological polar surface area (TPSA) is 160 Å². The van der Waals surface area contributed by atoms with Gasteiger partial charge in [-0.05, 0) is 6.42 Å². The Kier molecular flexibility index (Phi) is 17.8. The highest BCUT2D eigenvalue weighted by Crippen LogP contribution is 2.23. The Hall–Kier alpha value is -0.820. The van der Waals surface area contributed by atoms with Gasteiger partial charge in [0.25, 0.3) is 10.1 Å². The average Bonchev–Trinajstić information content (AvgIpc) is 2.82. The monoisotopic (exact) mass is 540 g/mol. The van der Waals surface area contributed by atoms with Crippen molar-refractivity contribution in [2.75, 3.05) is 19.0 Å². The smallest absolute Gasteiger partial charge is 0.305 e. The molecule has 0 spiro atoms. The van der Waals surface area contributed by atoms with Gasteiger partial charge in [-0.25, -0.2) is 0 Å². The van der Waals surface area contributed by atoms with Crippen molar-refractivity contribution in [3.05, 3.63) is 0 Å². The van der Waals surface area contributed by atoms with E-state index in [9.17, 15) is 28.5 Å². The largest absolute Gasteiger partial charge is 0.466 e. The van der Waals surface area contributed by atoms with E-state index < -0.39 is 46.6 Å². The Morgan fingerprint density at radius 1 is 0.750 bits per heavy atom. The van der Waals surface area contributed by atoms with Crippen molar-refractivity contribution in [3.8, 4) is 0 Å². The third-order valence-corrected chi connectivity index (χ3v) is 7.11. The molecule has 1 heterocycles. The number of rotatable bonds is 21. The molecule has 0 bridgehead atoms. The fourth-order valence-corrected chi connectivity index (χ4v) is 4.89. The van der Waals surface area contributed by atoms with Crippen molar-refractivity contribution in [2.24, 2.45) is 0 Å². The van der Waals surface area contributed by atoms with Crippen LogP contribution in [0.3, 0.4) is 0 Å². The molecule has 0 saturated carbocycles. The van der Waals surface area contributed by atoms with Crippen LogP contribution < -0.4 is 0 Å². The number of hydrogen-bond acceptors (Lipinski definition) is 9. The van der Waals surface area contributed by atoms with E-state index in [0.29, 0.717) is 12.8 Å². The minimum Gasteiger partial charge on any atom is -0.466 e. The van der Waals surface area contributed by atoms with E-state index in [2.05, 4.69) is 6.92 Å². The van der Waals surface area contributed by atoms with E-state index in [1.54, 1.807) is 0 Å². The Morgan fingerprint density at radius 3 is 1.81 bits per heavy atom. The first-order valence-electron chi connectivity index (χ1n) is 13.6. The summed E-state index contributed by atoms with van der Waals surface area (Å²) in [5, 5.41) is 29.7. The van der Waals surface area contributed by atoms with Gasteiger partial charge in [-0.1, -0.05) is 84.0 Å². The zero-order chi connectivity index (χ0) is 26.8. The summed E-state index contributed by atoms with van der Waals surface area (Å²) in [6, 6.07) is 0. The van der Waals surface area contributed by atoms with E-state index in [4.69, 9.17) is 18.8 Å². The van der Waals surface area contributed by atoms with Crippen LogP contribution in [0.2, 0.25) is 0 Å². The summed E-state index contributed by atoms with van der Waals surface area (Å²) in [6.07, 6.45) is 8.89. The van der Waals surface area contributed by atoms with Crippen LogP contribution in [0.1, 0.15) is 103 Å². The van der Waals surface area contributed by atoms with Gasteiger partial charge in [-0.15, -0.1) is 0 Å². The SMILES string of the molecule is CCCCCCCCCCCCCCCC(=O)OCCCOC1O[C@H](CS(=O)(=O)O)[C@@H](O)[C@H](O)[C@H]1O. The molecule has 0 aromatic rings. The molecule has 0 amide bonds. The molecule has 0 aliphatic carbocycles. The molecule has 1 aliphatic heterocycles. The molecule has 0 aromatic heterocycles. The number of aliphatic hydroxyl groups excluding tert-OH is 3. The lowest BCUT2D eigenvalue weighted by Gasteiger charge is -2.39. The normalized spacial score (nSPS) is 24.6. The van der Waals surface area contributed by atoms with Crippen molar-refractivity contribution < 1.29 is 47.3 Å². The zero-order valence-electron chi connectivity index (χ0n) is 21.8. The first kappa shape index (κ1) is 33.2. The lowest BCUT2D eigenvalue weighted by Crippen LogP contribution is -2.59. The summed E-state index contributed by atoms with van der Waals surface area (Å²) < 4.78 is 46.7. The maximum absolute atomic E-state index is 11.8. The second kappa shape index (κ2) is 19.3. The molecule has 1 fully saturated rings. The highest BCUT2D eigenvalue weighted by atomic mass is 32.2. The average molecular weight is 541 g/mol. The number of carbonyl (C=O) groups excluding carboxylic acids is 1. The van der Waals surface area contributed by atoms with E-state index in [0.717, 1.165) is 19.3 Å². The van der Waals surface area contributed by atoms with Crippen LogP contribution in [0.4, 0.5) is 0 Å². The molecule has 1 rings (SSSR count). The molecule has 1 aliphatic rings. The Labute approximate surface area is 216 Å². The van der Waals surface area contributed by atoms with Crippen LogP contribution in [-0.4, -0.2) is 83.9 Å². The molecule has 36 heavy (non-hydrogen) atoms. The van der Waals surface area contributed by atoms with Crippen molar-refractivity contribution in [1.29, 1.82) is 0 Å². The lowest BCUT2D eigenvalue weighted by atomic mass is 10.00. The Morgan fingerprint density at radius 2 is 1.28 bits per heavy atom. The van der Waals surface area contributed by atoms with E-state index >= 15 is 0 Å². The first-order valence-corrected chi connectivity index (χ1v) is 15.2. The molecule has 1 unspecified atom stereocenters. The number of aliphatic hydroxyl groups is 3. The van der Waals surface area contributed by atoms with Gasteiger partial charge >= 0.3 is 5.97 Å². The highest BCUT2D eigenvalue weighted by Gasteiger charge is 2.45. The standard InChI is InChI=1S/C25H48O10S/c1-2-3-4-5-6-7-8-9-10-11-12-13-14-16-21(26)33-17-15-18-34-25-24(29)23(28)22(27)20(35-25)19-36(30,31)32/h20,22-25,27-29H,2-19H2,1H3,(H,30,31,32)/t20-,22-,23+,24-,25?/m1/s1. The molecule has 0 aromatic carbocycles. The molecule has 1 saturated heterocycles. The predicted octanol–water partition coefficient (Wildman–Crippen LogP) is 3.11. The Bertz CT molecular complexity index is 672. The van der Waals surface area contributed by atoms with E-state index in [-0.39, 0.29) is 19.2 Å². The van der Waals surface area contributed by atoms with E-state index in [1.807, 2.05) is 0 Å². The van der Waals surface area contributed by atoms with Gasteiger partial charge in [0.15, 0.2) is 6.29 Å². The van der Waals surface area contributed by atoms with Crippen molar-refractivity contribution in [1.82, 2.24) is 0 Å². The minimum atomic E-state index is -4.47. The van der Waals surface area contributed by atoms with E-state index in [1.165, 1.54) is 64.2 Å². The fraction of sp³-hybridized carbons (Fsp3) is 0.960.